The van der Waals surface area contributed by atoms with E-state index in [2.05, 4.69) is 31.2 Å². The van der Waals surface area contributed by atoms with Crippen molar-refractivity contribution in [2.24, 2.45) is 5.92 Å². The molecule has 1 fully saturated rings. The van der Waals surface area contributed by atoms with Crippen LogP contribution in [-0.4, -0.2) is 19.5 Å². The molecule has 152 valence electrons. The van der Waals surface area contributed by atoms with Gasteiger partial charge in [0.15, 0.2) is 6.29 Å². The highest BCUT2D eigenvalue weighted by molar-refractivity contribution is 5.64. The summed E-state index contributed by atoms with van der Waals surface area (Å²) in [5.41, 5.74) is 3.89. The van der Waals surface area contributed by atoms with Crippen LogP contribution in [0.4, 0.5) is 4.39 Å². The van der Waals surface area contributed by atoms with E-state index >= 15 is 0 Å². The third-order valence-electron chi connectivity index (χ3n) is 5.63. The molecule has 0 unspecified atom stereocenters. The van der Waals surface area contributed by atoms with E-state index in [1.54, 1.807) is 13.0 Å². The third kappa shape index (κ3) is 6.15. The number of ether oxygens (including phenoxy) is 2. The molecule has 1 aliphatic heterocycles. The topological polar surface area (TPSA) is 18.5 Å². The summed E-state index contributed by atoms with van der Waals surface area (Å²) in [6, 6.07) is 13.8. The average Bonchev–Trinajstić information content (AvgIpc) is 2.73. The van der Waals surface area contributed by atoms with Crippen LogP contribution >= 0.6 is 0 Å². The lowest BCUT2D eigenvalue weighted by Gasteiger charge is -2.29. The van der Waals surface area contributed by atoms with Gasteiger partial charge in [-0.25, -0.2) is 4.39 Å². The van der Waals surface area contributed by atoms with Crippen molar-refractivity contribution >= 4 is 0 Å². The highest BCUT2D eigenvalue weighted by Gasteiger charge is 2.21. The summed E-state index contributed by atoms with van der Waals surface area (Å²) in [6.45, 7) is 5.68. The molecule has 0 atom stereocenters. The number of halogens is 1. The van der Waals surface area contributed by atoms with E-state index in [-0.39, 0.29) is 12.1 Å². The first-order valence-electron chi connectivity index (χ1n) is 10.7. The van der Waals surface area contributed by atoms with E-state index < -0.39 is 0 Å². The largest absolute Gasteiger partial charge is 0.352 e. The molecular weight excluding hydrogens is 351 g/mol. The molecule has 2 aromatic carbocycles. The maximum Gasteiger partial charge on any atom is 0.157 e. The summed E-state index contributed by atoms with van der Waals surface area (Å²) in [6.07, 6.45) is 8.15. The first-order valence-corrected chi connectivity index (χ1v) is 10.7. The molecule has 3 rings (SSSR count). The Bertz CT molecular complexity index is 718. The minimum absolute atomic E-state index is 0.0854. The summed E-state index contributed by atoms with van der Waals surface area (Å²) in [7, 11) is 0. The van der Waals surface area contributed by atoms with Crippen molar-refractivity contribution in [1.29, 1.82) is 0 Å². The Balaban J connectivity index is 1.41. The van der Waals surface area contributed by atoms with Gasteiger partial charge in [0.2, 0.25) is 0 Å². The Kier molecular flexibility index (Phi) is 8.05. The van der Waals surface area contributed by atoms with E-state index in [0.29, 0.717) is 11.5 Å². The molecule has 0 aliphatic carbocycles. The molecule has 0 aromatic heterocycles. The molecule has 0 bridgehead atoms. The Hall–Kier alpha value is -1.71. The molecule has 2 aromatic rings. The van der Waals surface area contributed by atoms with Crippen LogP contribution in [0, 0.1) is 18.7 Å². The van der Waals surface area contributed by atoms with Crippen molar-refractivity contribution in [1.82, 2.24) is 0 Å². The van der Waals surface area contributed by atoms with Crippen LogP contribution in [0.3, 0.4) is 0 Å². The van der Waals surface area contributed by atoms with Crippen LogP contribution in [0.15, 0.2) is 42.5 Å². The van der Waals surface area contributed by atoms with Crippen LogP contribution in [0.2, 0.25) is 0 Å². The summed E-state index contributed by atoms with van der Waals surface area (Å²) >= 11 is 0. The van der Waals surface area contributed by atoms with Crippen molar-refractivity contribution in [3.8, 4) is 11.1 Å². The summed E-state index contributed by atoms with van der Waals surface area (Å²) in [5.74, 6) is 0.402. The highest BCUT2D eigenvalue weighted by atomic mass is 19.1. The molecule has 1 saturated heterocycles. The molecule has 1 aliphatic rings. The molecular formula is C25H33FO2. The van der Waals surface area contributed by atoms with Gasteiger partial charge in [-0.1, -0.05) is 69.0 Å². The lowest BCUT2D eigenvalue weighted by molar-refractivity contribution is -0.203. The van der Waals surface area contributed by atoms with Crippen molar-refractivity contribution in [2.75, 3.05) is 13.2 Å². The van der Waals surface area contributed by atoms with Crippen LogP contribution in [0.25, 0.3) is 11.1 Å². The van der Waals surface area contributed by atoms with E-state index in [0.717, 1.165) is 37.2 Å². The SMILES string of the molecule is CCCCCCC1COC(CCc2ccc(-c3ccc(C)c(F)c3)cc2)OC1. The minimum atomic E-state index is -0.156. The highest BCUT2D eigenvalue weighted by Crippen LogP contribution is 2.24. The smallest absolute Gasteiger partial charge is 0.157 e. The van der Waals surface area contributed by atoms with Gasteiger partial charge in [0, 0.05) is 12.3 Å². The molecule has 0 spiro atoms. The van der Waals surface area contributed by atoms with Gasteiger partial charge in [-0.2, -0.15) is 0 Å². The molecule has 28 heavy (non-hydrogen) atoms. The summed E-state index contributed by atoms with van der Waals surface area (Å²) in [5, 5.41) is 0. The second kappa shape index (κ2) is 10.7. The molecule has 2 nitrogen and oxygen atoms in total. The molecule has 0 N–H and O–H groups in total. The summed E-state index contributed by atoms with van der Waals surface area (Å²) in [4.78, 5) is 0. The van der Waals surface area contributed by atoms with Crippen molar-refractivity contribution in [3.63, 3.8) is 0 Å². The first kappa shape index (κ1) is 21.0. The third-order valence-corrected chi connectivity index (χ3v) is 5.63. The Morgan fingerprint density at radius 2 is 1.61 bits per heavy atom. The van der Waals surface area contributed by atoms with Crippen LogP contribution in [0.5, 0.6) is 0 Å². The molecule has 0 radical (unpaired) electrons. The fourth-order valence-electron chi connectivity index (χ4n) is 3.70. The monoisotopic (exact) mass is 384 g/mol. The minimum Gasteiger partial charge on any atom is -0.352 e. The van der Waals surface area contributed by atoms with Gasteiger partial charge >= 0.3 is 0 Å². The number of unbranched alkanes of at least 4 members (excludes halogenated alkanes) is 3. The van der Waals surface area contributed by atoms with E-state index in [1.807, 2.05) is 12.1 Å². The van der Waals surface area contributed by atoms with E-state index in [1.165, 1.54) is 37.7 Å². The van der Waals surface area contributed by atoms with Gasteiger partial charge in [-0.3, -0.25) is 0 Å². The van der Waals surface area contributed by atoms with E-state index in [4.69, 9.17) is 9.47 Å². The quantitative estimate of drug-likeness (QED) is 0.448. The first-order chi connectivity index (χ1) is 13.7. The Labute approximate surface area is 169 Å². The zero-order chi connectivity index (χ0) is 19.8. The lowest BCUT2D eigenvalue weighted by atomic mass is 10.0. The maximum absolute atomic E-state index is 13.8. The van der Waals surface area contributed by atoms with Crippen molar-refractivity contribution in [3.05, 3.63) is 59.4 Å². The second-order valence-electron chi connectivity index (χ2n) is 8.01. The zero-order valence-corrected chi connectivity index (χ0v) is 17.3. The van der Waals surface area contributed by atoms with Gasteiger partial charge in [0.25, 0.3) is 0 Å². The predicted molar refractivity (Wildman–Crippen MR) is 113 cm³/mol. The van der Waals surface area contributed by atoms with Gasteiger partial charge < -0.3 is 9.47 Å². The van der Waals surface area contributed by atoms with E-state index in [9.17, 15) is 4.39 Å². The molecule has 0 amide bonds. The number of hydrogen-bond donors (Lipinski definition) is 0. The van der Waals surface area contributed by atoms with Gasteiger partial charge in [0.05, 0.1) is 13.2 Å². The van der Waals surface area contributed by atoms with Crippen LogP contribution in [0.1, 0.15) is 56.6 Å². The lowest BCUT2D eigenvalue weighted by Crippen LogP contribution is -2.32. The zero-order valence-electron chi connectivity index (χ0n) is 17.3. The fourth-order valence-corrected chi connectivity index (χ4v) is 3.70. The Morgan fingerprint density at radius 3 is 2.29 bits per heavy atom. The van der Waals surface area contributed by atoms with Gasteiger partial charge in [-0.05, 0) is 48.1 Å². The molecule has 1 heterocycles. The normalized spacial score (nSPS) is 19.7. The summed E-state index contributed by atoms with van der Waals surface area (Å²) < 4.78 is 25.6. The van der Waals surface area contributed by atoms with Crippen LogP contribution in [-0.2, 0) is 15.9 Å². The van der Waals surface area contributed by atoms with Crippen molar-refractivity contribution in [2.45, 2.75) is 65.1 Å². The average molecular weight is 385 g/mol. The molecule has 0 saturated carbocycles. The fraction of sp³-hybridized carbons (Fsp3) is 0.520. The van der Waals surface area contributed by atoms with Crippen molar-refractivity contribution < 1.29 is 13.9 Å². The van der Waals surface area contributed by atoms with Crippen LogP contribution < -0.4 is 0 Å². The number of aryl methyl sites for hydroxylation is 2. The maximum atomic E-state index is 13.8. The predicted octanol–water partition coefficient (Wildman–Crippen LogP) is 6.69. The number of benzene rings is 2. The molecule has 3 heteroatoms. The number of rotatable bonds is 9. The Morgan fingerprint density at radius 1 is 0.893 bits per heavy atom. The van der Waals surface area contributed by atoms with Gasteiger partial charge in [0.1, 0.15) is 5.82 Å². The van der Waals surface area contributed by atoms with Gasteiger partial charge in [-0.15, -0.1) is 0 Å². The standard InChI is InChI=1S/C25H33FO2/c1-3-4-5-6-7-21-17-27-25(28-18-21)15-11-20-9-13-22(14-10-20)23-12-8-19(2)24(26)16-23/h8-10,12-14,16,21,25H,3-7,11,15,17-18H2,1-2H3. The number of hydrogen-bond acceptors (Lipinski definition) is 2. The second-order valence-corrected chi connectivity index (χ2v) is 8.01.